The van der Waals surface area contributed by atoms with Gasteiger partial charge in [-0.05, 0) is 106 Å². The van der Waals surface area contributed by atoms with E-state index in [4.69, 9.17) is 17.0 Å². The van der Waals surface area contributed by atoms with Gasteiger partial charge < -0.3 is 24.8 Å². The Bertz CT molecular complexity index is 1010. The van der Waals surface area contributed by atoms with Crippen LogP contribution < -0.4 is 10.2 Å². The molecule has 37 heavy (non-hydrogen) atoms. The van der Waals surface area contributed by atoms with Gasteiger partial charge in [0.1, 0.15) is 0 Å². The molecule has 0 amide bonds. The van der Waals surface area contributed by atoms with Crippen LogP contribution in [0.25, 0.3) is 0 Å². The molecule has 1 aliphatic heterocycles. The minimum Gasteiger partial charge on any atom is -0.462 e. The number of rotatable bonds is 13. The number of nitrogens with zero attached hydrogens (tertiary/aromatic N) is 3. The first kappa shape index (κ1) is 28.9. The highest BCUT2D eigenvalue weighted by Crippen LogP contribution is 2.28. The molecule has 3 rings (SSSR count). The lowest BCUT2D eigenvalue weighted by Crippen LogP contribution is -2.37. The number of esters is 1. The van der Waals surface area contributed by atoms with Crippen LogP contribution in [0.4, 0.5) is 11.4 Å². The van der Waals surface area contributed by atoms with E-state index in [1.54, 1.807) is 12.1 Å². The van der Waals surface area contributed by atoms with Gasteiger partial charge in [0.25, 0.3) is 0 Å². The molecule has 1 heterocycles. The summed E-state index contributed by atoms with van der Waals surface area (Å²) in [5.74, 6) is -0.306. The lowest BCUT2D eigenvalue weighted by molar-refractivity contribution is 0.0526. The highest BCUT2D eigenvalue weighted by Gasteiger charge is 2.18. The maximum atomic E-state index is 12.0. The molecule has 0 radical (unpaired) electrons. The number of carbonyl (C=O) groups is 1. The molecule has 1 N–H and O–H groups in total. The van der Waals surface area contributed by atoms with Gasteiger partial charge in [0.15, 0.2) is 5.11 Å². The Balaban J connectivity index is 1.72. The molecule has 0 fully saturated rings. The summed E-state index contributed by atoms with van der Waals surface area (Å²) in [5.41, 5.74) is 5.55. The van der Waals surface area contributed by atoms with Crippen LogP contribution in [0.15, 0.2) is 42.5 Å². The Morgan fingerprint density at radius 3 is 2.49 bits per heavy atom. The van der Waals surface area contributed by atoms with E-state index in [1.165, 1.54) is 29.7 Å². The first-order chi connectivity index (χ1) is 18.0. The van der Waals surface area contributed by atoms with E-state index in [9.17, 15) is 4.79 Å². The van der Waals surface area contributed by atoms with Gasteiger partial charge in [-0.15, -0.1) is 0 Å². The van der Waals surface area contributed by atoms with Gasteiger partial charge in [0, 0.05) is 37.6 Å². The summed E-state index contributed by atoms with van der Waals surface area (Å²) in [6.07, 6.45) is 4.56. The zero-order valence-corrected chi connectivity index (χ0v) is 23.9. The van der Waals surface area contributed by atoms with Crippen LogP contribution in [0, 0.1) is 0 Å². The van der Waals surface area contributed by atoms with E-state index in [-0.39, 0.29) is 5.97 Å². The van der Waals surface area contributed by atoms with E-state index >= 15 is 0 Å². The van der Waals surface area contributed by atoms with Crippen molar-refractivity contribution in [3.63, 3.8) is 0 Å². The average molecular weight is 525 g/mol. The van der Waals surface area contributed by atoms with Crippen LogP contribution in [0.3, 0.4) is 0 Å². The van der Waals surface area contributed by atoms with Crippen molar-refractivity contribution >= 4 is 34.7 Å². The maximum absolute atomic E-state index is 12.0. The van der Waals surface area contributed by atoms with Crippen molar-refractivity contribution in [3.8, 4) is 0 Å². The molecule has 2 aromatic rings. The van der Waals surface area contributed by atoms with Gasteiger partial charge >= 0.3 is 5.97 Å². The smallest absolute Gasteiger partial charge is 0.338 e. The Morgan fingerprint density at radius 2 is 1.81 bits per heavy atom. The van der Waals surface area contributed by atoms with Gasteiger partial charge in [-0.2, -0.15) is 0 Å². The van der Waals surface area contributed by atoms with Crippen molar-refractivity contribution in [1.82, 2.24) is 9.80 Å². The molecule has 0 aromatic heterocycles. The summed E-state index contributed by atoms with van der Waals surface area (Å²) in [5, 5.41) is 4.10. The van der Waals surface area contributed by atoms with E-state index in [1.807, 2.05) is 19.1 Å². The molecule has 0 unspecified atom stereocenters. The first-order valence-corrected chi connectivity index (χ1v) is 14.3. The molecular formula is C30H44N4O2S. The topological polar surface area (TPSA) is 48.0 Å². The maximum Gasteiger partial charge on any atom is 0.338 e. The molecule has 1 aliphatic rings. The molecular weight excluding hydrogens is 480 g/mol. The summed E-state index contributed by atoms with van der Waals surface area (Å²) in [6.45, 7) is 15.9. The number of ether oxygens (including phenoxy) is 1. The third kappa shape index (κ3) is 8.44. The molecule has 0 saturated heterocycles. The predicted molar refractivity (Wildman–Crippen MR) is 159 cm³/mol. The molecule has 0 aliphatic carbocycles. The predicted octanol–water partition coefficient (Wildman–Crippen LogP) is 5.96. The quantitative estimate of drug-likeness (QED) is 0.256. The Morgan fingerprint density at radius 1 is 1.05 bits per heavy atom. The van der Waals surface area contributed by atoms with Gasteiger partial charge in [-0.3, -0.25) is 0 Å². The standard InChI is InChI=1S/C30H44N4O2S/c1-5-18-33-20-9-11-26-22-24(12-17-28(26)33)23-34(21-10-19-32(6-2)7-3)30(37)31-27-15-13-25(14-16-27)29(35)36-8-4/h12-17,22H,5-11,18-21,23H2,1-4H3,(H,31,37). The van der Waals surface area contributed by atoms with Gasteiger partial charge in [0.05, 0.1) is 12.2 Å². The second kappa shape index (κ2) is 14.9. The number of aryl methyl sites for hydroxylation is 1. The number of carbonyl (C=O) groups excluding carboxylic acids is 1. The molecule has 6 nitrogen and oxygen atoms in total. The SMILES string of the molecule is CCCN1CCCc2cc(CN(CCCN(CC)CC)C(=S)Nc3ccc(C(=O)OCC)cc3)ccc21. The van der Waals surface area contributed by atoms with Gasteiger partial charge in [-0.25, -0.2) is 4.79 Å². The molecule has 202 valence electrons. The first-order valence-electron chi connectivity index (χ1n) is 13.9. The van der Waals surface area contributed by atoms with Crippen LogP contribution in [-0.2, 0) is 17.7 Å². The fourth-order valence-electron chi connectivity index (χ4n) is 4.93. The van der Waals surface area contributed by atoms with Crippen molar-refractivity contribution < 1.29 is 9.53 Å². The molecule has 0 spiro atoms. The van der Waals surface area contributed by atoms with Crippen molar-refractivity contribution in [2.75, 3.05) is 56.1 Å². The zero-order chi connectivity index (χ0) is 26.6. The van der Waals surface area contributed by atoms with Gasteiger partial charge in [-0.1, -0.05) is 32.9 Å². The Labute approximate surface area is 229 Å². The summed E-state index contributed by atoms with van der Waals surface area (Å²) < 4.78 is 5.09. The highest BCUT2D eigenvalue weighted by molar-refractivity contribution is 7.80. The second-order valence-corrected chi connectivity index (χ2v) is 9.97. The minimum absolute atomic E-state index is 0.306. The summed E-state index contributed by atoms with van der Waals surface area (Å²) in [6, 6.07) is 14.3. The summed E-state index contributed by atoms with van der Waals surface area (Å²) >= 11 is 5.89. The third-order valence-electron chi connectivity index (χ3n) is 6.96. The molecule has 2 aromatic carbocycles. The van der Waals surface area contributed by atoms with Crippen LogP contribution in [0.1, 0.15) is 68.4 Å². The fraction of sp³-hybridized carbons (Fsp3) is 0.533. The number of hydrogen-bond donors (Lipinski definition) is 1. The van der Waals surface area contributed by atoms with Crippen LogP contribution in [0.5, 0.6) is 0 Å². The second-order valence-electron chi connectivity index (χ2n) is 9.58. The van der Waals surface area contributed by atoms with Gasteiger partial charge in [0.2, 0.25) is 0 Å². The minimum atomic E-state index is -0.306. The highest BCUT2D eigenvalue weighted by atomic mass is 32.1. The number of benzene rings is 2. The normalized spacial score (nSPS) is 12.8. The molecule has 0 saturated carbocycles. The number of hydrogen-bond acceptors (Lipinski definition) is 5. The van der Waals surface area contributed by atoms with Crippen molar-refractivity contribution in [1.29, 1.82) is 0 Å². The number of fused-ring (bicyclic) bond motifs is 1. The summed E-state index contributed by atoms with van der Waals surface area (Å²) in [7, 11) is 0. The Hall–Kier alpha value is -2.64. The number of anilines is 2. The molecule has 0 bridgehead atoms. The third-order valence-corrected chi connectivity index (χ3v) is 7.32. The number of nitrogens with one attached hydrogen (secondary N) is 1. The van der Waals surface area contributed by atoms with E-state index in [0.29, 0.717) is 17.3 Å². The van der Waals surface area contributed by atoms with Crippen LogP contribution in [-0.4, -0.2) is 66.8 Å². The fourth-order valence-corrected chi connectivity index (χ4v) is 5.21. The largest absolute Gasteiger partial charge is 0.462 e. The van der Waals surface area contributed by atoms with E-state index in [0.717, 1.165) is 64.3 Å². The van der Waals surface area contributed by atoms with Crippen LogP contribution >= 0.6 is 12.2 Å². The summed E-state index contributed by atoms with van der Waals surface area (Å²) in [4.78, 5) is 19.2. The van der Waals surface area contributed by atoms with E-state index < -0.39 is 0 Å². The number of thiocarbonyl (C=S) groups is 1. The van der Waals surface area contributed by atoms with Crippen LogP contribution in [0.2, 0.25) is 0 Å². The van der Waals surface area contributed by atoms with Crippen molar-refractivity contribution in [3.05, 3.63) is 59.2 Å². The zero-order valence-electron chi connectivity index (χ0n) is 23.1. The van der Waals surface area contributed by atoms with Crippen molar-refractivity contribution in [2.45, 2.75) is 59.9 Å². The monoisotopic (exact) mass is 524 g/mol. The molecule has 0 atom stereocenters. The Kier molecular flexibility index (Phi) is 11.7. The lowest BCUT2D eigenvalue weighted by Gasteiger charge is -2.32. The van der Waals surface area contributed by atoms with Crippen molar-refractivity contribution in [2.24, 2.45) is 0 Å². The molecule has 7 heteroatoms. The lowest BCUT2D eigenvalue weighted by atomic mass is 9.98. The average Bonchev–Trinajstić information content (AvgIpc) is 2.91. The van der Waals surface area contributed by atoms with E-state index in [2.05, 4.69) is 59.0 Å².